The lowest BCUT2D eigenvalue weighted by Gasteiger charge is -2.36. The zero-order chi connectivity index (χ0) is 18.0. The van der Waals surface area contributed by atoms with Gasteiger partial charge in [0.15, 0.2) is 0 Å². The number of piperazine rings is 1. The third kappa shape index (κ3) is 4.29. The maximum Gasteiger partial charge on any atom is 0.269 e. The average Bonchev–Trinajstić information content (AvgIpc) is 3.05. The molecule has 0 saturated carbocycles. The van der Waals surface area contributed by atoms with Crippen LogP contribution in [-0.2, 0) is 6.54 Å². The Morgan fingerprint density at radius 1 is 1.12 bits per heavy atom. The second-order valence-electron chi connectivity index (χ2n) is 6.46. The zero-order valence-corrected chi connectivity index (χ0v) is 15.9. The van der Waals surface area contributed by atoms with Crippen molar-refractivity contribution in [3.05, 3.63) is 51.8 Å². The van der Waals surface area contributed by atoms with Gasteiger partial charge in [-0.25, -0.2) is 0 Å². The summed E-state index contributed by atoms with van der Waals surface area (Å²) in [6.45, 7) is 4.45. The topological polar surface area (TPSA) is 42.6 Å². The number of rotatable bonds is 4. The highest BCUT2D eigenvalue weighted by atomic mass is 35.5. The summed E-state index contributed by atoms with van der Waals surface area (Å²) in [5, 5.41) is 1.43. The van der Waals surface area contributed by atoms with Crippen LogP contribution in [0.25, 0.3) is 0 Å². The van der Waals surface area contributed by atoms with E-state index in [1.54, 1.807) is 19.0 Å². The van der Waals surface area contributed by atoms with E-state index in [0.29, 0.717) is 10.7 Å². The van der Waals surface area contributed by atoms with Crippen LogP contribution in [0.1, 0.15) is 16.2 Å². The molecule has 1 amide bonds. The molecule has 1 aliphatic rings. The Morgan fingerprint density at radius 2 is 1.84 bits per heavy atom. The Balaban J connectivity index is 1.58. The van der Waals surface area contributed by atoms with Crippen LogP contribution < -0.4 is 4.90 Å². The highest BCUT2D eigenvalue weighted by molar-refractivity contribution is 6.35. The summed E-state index contributed by atoms with van der Waals surface area (Å²) in [6, 6.07) is 9.40. The molecule has 1 saturated heterocycles. The highest BCUT2D eigenvalue weighted by Gasteiger charge is 2.20. The lowest BCUT2D eigenvalue weighted by atomic mass is 10.2. The van der Waals surface area contributed by atoms with Crippen LogP contribution in [0.4, 0.5) is 5.69 Å². The maximum atomic E-state index is 12.0. The van der Waals surface area contributed by atoms with Crippen LogP contribution in [0.3, 0.4) is 0 Å². The minimum Gasteiger partial charge on any atom is -0.368 e. The summed E-state index contributed by atoms with van der Waals surface area (Å²) in [7, 11) is 3.51. The summed E-state index contributed by atoms with van der Waals surface area (Å²) in [5.41, 5.74) is 2.68. The summed E-state index contributed by atoms with van der Waals surface area (Å²) >= 11 is 12.4. The number of aromatic nitrogens is 1. The molecule has 0 atom stereocenters. The average molecular weight is 381 g/mol. The van der Waals surface area contributed by atoms with Gasteiger partial charge >= 0.3 is 0 Å². The molecule has 25 heavy (non-hydrogen) atoms. The van der Waals surface area contributed by atoms with E-state index < -0.39 is 0 Å². The molecule has 2 aromatic rings. The molecule has 0 aliphatic carbocycles. The van der Waals surface area contributed by atoms with E-state index in [1.165, 1.54) is 0 Å². The van der Waals surface area contributed by atoms with Gasteiger partial charge in [0.1, 0.15) is 5.69 Å². The normalized spacial score (nSPS) is 15.4. The zero-order valence-electron chi connectivity index (χ0n) is 14.4. The van der Waals surface area contributed by atoms with Gasteiger partial charge in [0.05, 0.1) is 10.7 Å². The quantitative estimate of drug-likeness (QED) is 0.884. The molecule has 1 aromatic carbocycles. The molecule has 5 nitrogen and oxygen atoms in total. The van der Waals surface area contributed by atoms with Crippen LogP contribution >= 0.6 is 23.2 Å². The minimum absolute atomic E-state index is 0.00772. The number of amides is 1. The van der Waals surface area contributed by atoms with Crippen LogP contribution in [0.2, 0.25) is 10.0 Å². The van der Waals surface area contributed by atoms with E-state index in [1.807, 2.05) is 30.3 Å². The van der Waals surface area contributed by atoms with E-state index in [9.17, 15) is 4.79 Å². The largest absolute Gasteiger partial charge is 0.368 e. The Morgan fingerprint density at radius 3 is 2.52 bits per heavy atom. The number of benzene rings is 1. The van der Waals surface area contributed by atoms with Crippen LogP contribution in [-0.4, -0.2) is 61.0 Å². The number of aromatic amines is 1. The number of carbonyl (C=O) groups is 1. The number of nitrogens with one attached hydrogen (secondary N) is 1. The van der Waals surface area contributed by atoms with E-state index in [2.05, 4.69) is 14.8 Å². The molecule has 0 spiro atoms. The molecule has 1 N–H and O–H groups in total. The first-order valence-electron chi connectivity index (χ1n) is 8.26. The van der Waals surface area contributed by atoms with E-state index in [-0.39, 0.29) is 5.91 Å². The second kappa shape index (κ2) is 7.68. The van der Waals surface area contributed by atoms with Crippen molar-refractivity contribution in [3.63, 3.8) is 0 Å². The SMILES string of the molecule is CN(C)C(=O)c1ccc(CN2CCN(c3cc(Cl)ccc3Cl)CC2)[nH]1. The predicted molar refractivity (Wildman–Crippen MR) is 103 cm³/mol. The molecule has 3 rings (SSSR count). The monoisotopic (exact) mass is 380 g/mol. The molecule has 0 unspecified atom stereocenters. The van der Waals surface area contributed by atoms with Crippen LogP contribution in [0.15, 0.2) is 30.3 Å². The van der Waals surface area contributed by atoms with Crippen molar-refractivity contribution in [3.8, 4) is 0 Å². The number of hydrogen-bond donors (Lipinski definition) is 1. The molecule has 7 heteroatoms. The third-order valence-electron chi connectivity index (χ3n) is 4.40. The fourth-order valence-electron chi connectivity index (χ4n) is 3.01. The lowest BCUT2D eigenvalue weighted by molar-refractivity contribution is 0.0822. The van der Waals surface area contributed by atoms with Crippen molar-refractivity contribution in [2.45, 2.75) is 6.54 Å². The molecule has 1 fully saturated rings. The van der Waals surface area contributed by atoms with Gasteiger partial charge in [-0.2, -0.15) is 0 Å². The van der Waals surface area contributed by atoms with Crippen LogP contribution in [0.5, 0.6) is 0 Å². The highest BCUT2D eigenvalue weighted by Crippen LogP contribution is 2.29. The first kappa shape index (κ1) is 18.1. The molecule has 134 valence electrons. The Kier molecular flexibility index (Phi) is 5.57. The number of carbonyl (C=O) groups excluding carboxylic acids is 1. The summed E-state index contributed by atoms with van der Waals surface area (Å²) in [4.78, 5) is 21.4. The molecule has 2 heterocycles. The summed E-state index contributed by atoms with van der Waals surface area (Å²) in [5.74, 6) is -0.00772. The van der Waals surface area contributed by atoms with Crippen LogP contribution in [0, 0.1) is 0 Å². The molecule has 0 radical (unpaired) electrons. The molecule has 0 bridgehead atoms. The molecule has 1 aliphatic heterocycles. The van der Waals surface area contributed by atoms with Crippen molar-refractivity contribution in [2.24, 2.45) is 0 Å². The smallest absolute Gasteiger partial charge is 0.269 e. The Labute approximate surface area is 158 Å². The first-order chi connectivity index (χ1) is 11.9. The number of hydrogen-bond acceptors (Lipinski definition) is 3. The number of H-pyrrole nitrogens is 1. The van der Waals surface area contributed by atoms with Gasteiger partial charge in [-0.3, -0.25) is 9.69 Å². The van der Waals surface area contributed by atoms with Crippen molar-refractivity contribution >= 4 is 34.8 Å². The molecular formula is C18H22Cl2N4O. The fourth-order valence-corrected chi connectivity index (χ4v) is 3.42. The van der Waals surface area contributed by atoms with Crippen molar-refractivity contribution in [1.82, 2.24) is 14.8 Å². The van der Waals surface area contributed by atoms with Gasteiger partial charge in [-0.1, -0.05) is 23.2 Å². The van der Waals surface area contributed by atoms with Gasteiger partial charge in [-0.15, -0.1) is 0 Å². The van der Waals surface area contributed by atoms with Crippen molar-refractivity contribution < 1.29 is 4.79 Å². The van der Waals surface area contributed by atoms with Gasteiger partial charge in [0, 0.05) is 57.5 Å². The van der Waals surface area contributed by atoms with Crippen molar-refractivity contribution in [1.29, 1.82) is 0 Å². The van der Waals surface area contributed by atoms with E-state index >= 15 is 0 Å². The predicted octanol–water partition coefficient (Wildman–Crippen LogP) is 3.35. The lowest BCUT2D eigenvalue weighted by Crippen LogP contribution is -2.46. The Hall–Kier alpha value is -1.69. The van der Waals surface area contributed by atoms with Gasteiger partial charge < -0.3 is 14.8 Å². The van der Waals surface area contributed by atoms with Crippen molar-refractivity contribution in [2.75, 3.05) is 45.2 Å². The molecule has 1 aromatic heterocycles. The van der Waals surface area contributed by atoms with Gasteiger partial charge in [0.25, 0.3) is 5.91 Å². The summed E-state index contributed by atoms with van der Waals surface area (Å²) < 4.78 is 0. The standard InChI is InChI=1S/C18H22Cl2N4O/c1-22(2)18(25)16-6-4-14(21-16)12-23-7-9-24(10-8-23)17-11-13(19)3-5-15(17)20/h3-6,11,21H,7-10,12H2,1-2H3. The third-order valence-corrected chi connectivity index (χ3v) is 4.95. The fraction of sp³-hybridized carbons (Fsp3) is 0.389. The minimum atomic E-state index is -0.00772. The summed E-state index contributed by atoms with van der Waals surface area (Å²) in [6.07, 6.45) is 0. The maximum absolute atomic E-state index is 12.0. The second-order valence-corrected chi connectivity index (χ2v) is 7.30. The van der Waals surface area contributed by atoms with E-state index in [4.69, 9.17) is 23.2 Å². The van der Waals surface area contributed by atoms with E-state index in [0.717, 1.165) is 49.1 Å². The van der Waals surface area contributed by atoms with Gasteiger partial charge in [0.2, 0.25) is 0 Å². The number of halogens is 2. The Bertz CT molecular complexity index is 751. The van der Waals surface area contributed by atoms with Gasteiger partial charge in [-0.05, 0) is 30.3 Å². The number of anilines is 1. The molecular weight excluding hydrogens is 359 g/mol. The first-order valence-corrected chi connectivity index (χ1v) is 9.01. The number of nitrogens with zero attached hydrogens (tertiary/aromatic N) is 3.